The lowest BCUT2D eigenvalue weighted by Gasteiger charge is -2.39. The molecule has 0 bridgehead atoms. The van der Waals surface area contributed by atoms with Crippen LogP contribution in [-0.2, 0) is 11.3 Å². The summed E-state index contributed by atoms with van der Waals surface area (Å²) in [7, 11) is 0. The molecule has 2 saturated heterocycles. The molecule has 2 aliphatic rings. The number of carbonyl (C=O) groups excluding carboxylic acids is 1. The average molecular weight is 569 g/mol. The fraction of sp³-hybridized carbons (Fsp3) is 0.517. The van der Waals surface area contributed by atoms with E-state index in [9.17, 15) is 18.0 Å². The molecule has 0 aromatic heterocycles. The number of likely N-dealkylation sites (tertiary alicyclic amines) is 2. The first-order valence-electron chi connectivity index (χ1n) is 13.1. The van der Waals surface area contributed by atoms with Crippen molar-refractivity contribution in [3.8, 4) is 5.75 Å². The number of rotatable bonds is 6. The number of carbonyl (C=O) groups is 2. The van der Waals surface area contributed by atoms with Gasteiger partial charge in [0.2, 0.25) is 0 Å². The minimum atomic E-state index is -5.08. The topological polar surface area (TPSA) is 70.1 Å². The second-order valence-corrected chi connectivity index (χ2v) is 11.2. The standard InChI is InChI=1S/C27H35ClN2O2.C2HF3O2/c1-20(2)18-32-25-10-5-4-7-22(25)17-29-14-11-27(12-15-29)13-16-30(19-27)26(31)23-8-6-9-24(28)21(23)3;3-2(4,5)1(6)7/h4-10,20H,11-19H2,1-3H3;(H,6,7). The van der Waals surface area contributed by atoms with Gasteiger partial charge in [-0.2, -0.15) is 13.2 Å². The number of para-hydroxylation sites is 1. The number of amides is 1. The van der Waals surface area contributed by atoms with E-state index in [0.29, 0.717) is 10.9 Å². The Morgan fingerprint density at radius 2 is 1.67 bits per heavy atom. The van der Waals surface area contributed by atoms with Gasteiger partial charge in [-0.25, -0.2) is 4.79 Å². The van der Waals surface area contributed by atoms with E-state index in [4.69, 9.17) is 26.2 Å². The summed E-state index contributed by atoms with van der Waals surface area (Å²) in [6.07, 6.45) is -1.71. The summed E-state index contributed by atoms with van der Waals surface area (Å²) in [5.74, 6) is -1.11. The van der Waals surface area contributed by atoms with Crippen LogP contribution in [-0.4, -0.2) is 65.7 Å². The molecule has 0 aliphatic carbocycles. The number of piperidine rings is 1. The lowest BCUT2D eigenvalue weighted by molar-refractivity contribution is -0.192. The highest BCUT2D eigenvalue weighted by atomic mass is 35.5. The highest BCUT2D eigenvalue weighted by Gasteiger charge is 2.42. The fourth-order valence-electron chi connectivity index (χ4n) is 4.98. The van der Waals surface area contributed by atoms with Crippen LogP contribution in [0.2, 0.25) is 5.02 Å². The number of carboxylic acids is 1. The minimum Gasteiger partial charge on any atom is -0.493 e. The van der Waals surface area contributed by atoms with Crippen molar-refractivity contribution < 1.29 is 32.6 Å². The van der Waals surface area contributed by atoms with E-state index in [-0.39, 0.29) is 11.3 Å². The summed E-state index contributed by atoms with van der Waals surface area (Å²) in [6, 6.07) is 14.0. The Kier molecular flexibility index (Phi) is 10.3. The van der Waals surface area contributed by atoms with Crippen molar-refractivity contribution in [3.63, 3.8) is 0 Å². The quantitative estimate of drug-likeness (QED) is 0.434. The maximum Gasteiger partial charge on any atom is 0.490 e. The van der Waals surface area contributed by atoms with Crippen molar-refractivity contribution in [2.45, 2.75) is 52.8 Å². The number of hydrogen-bond acceptors (Lipinski definition) is 4. The number of halogens is 4. The minimum absolute atomic E-state index is 0.125. The maximum absolute atomic E-state index is 13.1. The molecular weight excluding hydrogens is 533 g/mol. The molecule has 0 saturated carbocycles. The Labute approximate surface area is 232 Å². The number of alkyl halides is 3. The molecule has 1 spiro atoms. The Balaban J connectivity index is 0.000000532. The van der Waals surface area contributed by atoms with Gasteiger partial charge >= 0.3 is 12.1 Å². The lowest BCUT2D eigenvalue weighted by atomic mass is 9.77. The van der Waals surface area contributed by atoms with Gasteiger partial charge in [0.05, 0.1) is 6.61 Å². The van der Waals surface area contributed by atoms with Crippen LogP contribution in [0.15, 0.2) is 42.5 Å². The van der Waals surface area contributed by atoms with Crippen LogP contribution >= 0.6 is 11.6 Å². The molecule has 6 nitrogen and oxygen atoms in total. The number of carboxylic acid groups (broad SMARTS) is 1. The highest BCUT2D eigenvalue weighted by molar-refractivity contribution is 6.31. The molecule has 39 heavy (non-hydrogen) atoms. The Hall–Kier alpha value is -2.78. The fourth-order valence-corrected chi connectivity index (χ4v) is 5.16. The predicted octanol–water partition coefficient (Wildman–Crippen LogP) is 6.44. The van der Waals surface area contributed by atoms with Gasteiger partial charge in [0, 0.05) is 35.8 Å². The second-order valence-electron chi connectivity index (χ2n) is 10.8. The van der Waals surface area contributed by atoms with Crippen LogP contribution in [0.3, 0.4) is 0 Å². The molecule has 2 heterocycles. The van der Waals surface area contributed by atoms with Crippen molar-refractivity contribution in [1.82, 2.24) is 9.80 Å². The normalized spacial score (nSPS) is 17.2. The SMILES string of the molecule is Cc1c(Cl)cccc1C(=O)N1CCC2(CCN(Cc3ccccc3OCC(C)C)CC2)C1.O=C(O)C(F)(F)F. The third kappa shape index (κ3) is 8.35. The van der Waals surface area contributed by atoms with Gasteiger partial charge in [0.25, 0.3) is 5.91 Å². The van der Waals surface area contributed by atoms with Gasteiger partial charge in [0.15, 0.2) is 0 Å². The first-order chi connectivity index (χ1) is 18.3. The van der Waals surface area contributed by atoms with Crippen molar-refractivity contribution in [2.24, 2.45) is 11.3 Å². The van der Waals surface area contributed by atoms with Crippen LogP contribution in [0.1, 0.15) is 54.6 Å². The third-order valence-electron chi connectivity index (χ3n) is 7.32. The van der Waals surface area contributed by atoms with Gasteiger partial charge < -0.3 is 14.7 Å². The number of aliphatic carboxylic acids is 1. The molecule has 214 valence electrons. The van der Waals surface area contributed by atoms with Gasteiger partial charge in [-0.05, 0) is 74.4 Å². The summed E-state index contributed by atoms with van der Waals surface area (Å²) < 4.78 is 37.8. The zero-order chi connectivity index (χ0) is 28.8. The number of nitrogens with zero attached hydrogens (tertiary/aromatic N) is 2. The first kappa shape index (κ1) is 30.8. The van der Waals surface area contributed by atoms with Crippen LogP contribution in [0.5, 0.6) is 5.75 Å². The summed E-state index contributed by atoms with van der Waals surface area (Å²) in [6.45, 7) is 11.8. The molecule has 0 unspecified atom stereocenters. The van der Waals surface area contributed by atoms with E-state index in [1.165, 1.54) is 5.56 Å². The predicted molar refractivity (Wildman–Crippen MR) is 144 cm³/mol. The van der Waals surface area contributed by atoms with Crippen LogP contribution in [0.25, 0.3) is 0 Å². The van der Waals surface area contributed by atoms with Crippen LogP contribution in [0.4, 0.5) is 13.2 Å². The number of hydrogen-bond donors (Lipinski definition) is 1. The highest BCUT2D eigenvalue weighted by Crippen LogP contribution is 2.41. The largest absolute Gasteiger partial charge is 0.493 e. The monoisotopic (exact) mass is 568 g/mol. The molecule has 0 radical (unpaired) electrons. The molecule has 4 rings (SSSR count). The molecule has 2 aromatic carbocycles. The zero-order valence-electron chi connectivity index (χ0n) is 22.6. The van der Waals surface area contributed by atoms with Crippen LogP contribution < -0.4 is 4.74 Å². The van der Waals surface area contributed by atoms with Gasteiger partial charge in [-0.3, -0.25) is 9.69 Å². The zero-order valence-corrected chi connectivity index (χ0v) is 23.3. The van der Waals surface area contributed by atoms with Crippen molar-refractivity contribution in [2.75, 3.05) is 32.8 Å². The van der Waals surface area contributed by atoms with E-state index in [0.717, 1.165) is 75.5 Å². The van der Waals surface area contributed by atoms with Crippen LogP contribution in [0, 0.1) is 18.3 Å². The summed E-state index contributed by atoms with van der Waals surface area (Å²) >= 11 is 6.25. The smallest absolute Gasteiger partial charge is 0.490 e. The van der Waals surface area contributed by atoms with Gasteiger partial charge in [-0.15, -0.1) is 0 Å². The molecule has 1 N–H and O–H groups in total. The van der Waals surface area contributed by atoms with E-state index >= 15 is 0 Å². The summed E-state index contributed by atoms with van der Waals surface area (Å²) in [4.78, 5) is 26.6. The Morgan fingerprint density at radius 1 is 1.05 bits per heavy atom. The van der Waals surface area contributed by atoms with E-state index in [1.54, 1.807) is 0 Å². The van der Waals surface area contributed by atoms with Crippen molar-refractivity contribution in [1.29, 1.82) is 0 Å². The molecule has 10 heteroatoms. The Bertz CT molecular complexity index is 1150. The molecule has 2 aromatic rings. The lowest BCUT2D eigenvalue weighted by Crippen LogP contribution is -2.42. The van der Waals surface area contributed by atoms with Crippen molar-refractivity contribution >= 4 is 23.5 Å². The summed E-state index contributed by atoms with van der Waals surface area (Å²) in [5.41, 5.74) is 3.15. The van der Waals surface area contributed by atoms with Gasteiger partial charge in [-0.1, -0.05) is 49.7 Å². The Morgan fingerprint density at radius 3 is 2.28 bits per heavy atom. The number of ether oxygens (including phenoxy) is 1. The van der Waals surface area contributed by atoms with E-state index in [2.05, 4.69) is 43.0 Å². The maximum atomic E-state index is 13.1. The second kappa shape index (κ2) is 13.0. The molecule has 2 aliphatic heterocycles. The third-order valence-corrected chi connectivity index (χ3v) is 7.73. The van der Waals surface area contributed by atoms with E-state index < -0.39 is 12.1 Å². The first-order valence-corrected chi connectivity index (χ1v) is 13.5. The average Bonchev–Trinajstić information content (AvgIpc) is 3.29. The number of benzene rings is 2. The summed E-state index contributed by atoms with van der Waals surface area (Å²) in [5, 5.41) is 7.79. The van der Waals surface area contributed by atoms with Crippen molar-refractivity contribution in [3.05, 3.63) is 64.2 Å². The molecule has 2 fully saturated rings. The molecule has 0 atom stereocenters. The van der Waals surface area contributed by atoms with Gasteiger partial charge in [0.1, 0.15) is 5.75 Å². The molecular formula is C29H36ClF3N2O4. The van der Waals surface area contributed by atoms with E-state index in [1.807, 2.05) is 30.0 Å². The molecule has 1 amide bonds.